The van der Waals surface area contributed by atoms with Gasteiger partial charge in [-0.1, -0.05) is 18.5 Å². The second-order valence-corrected chi connectivity index (χ2v) is 4.74. The summed E-state index contributed by atoms with van der Waals surface area (Å²) in [5.41, 5.74) is 1.14. The topological polar surface area (TPSA) is 42.4 Å². The third-order valence-electron chi connectivity index (χ3n) is 2.52. The standard InChI is InChI=1S/C13H19ClN2O2/c1-5-12(17)10-8-11(14)9(2)15-13(10)18-7-6-16(3)4/h8H,5-7H2,1-4H3. The molecular weight excluding hydrogens is 252 g/mol. The van der Waals surface area contributed by atoms with E-state index in [4.69, 9.17) is 16.3 Å². The molecule has 0 saturated carbocycles. The van der Waals surface area contributed by atoms with E-state index in [1.807, 2.05) is 19.0 Å². The molecule has 0 spiro atoms. The number of nitrogens with zero attached hydrogens (tertiary/aromatic N) is 2. The molecule has 0 aliphatic carbocycles. The molecule has 0 aliphatic heterocycles. The van der Waals surface area contributed by atoms with E-state index in [-0.39, 0.29) is 5.78 Å². The summed E-state index contributed by atoms with van der Waals surface area (Å²) in [5, 5.41) is 0.492. The van der Waals surface area contributed by atoms with Crippen molar-refractivity contribution >= 4 is 17.4 Å². The summed E-state index contributed by atoms with van der Waals surface area (Å²) < 4.78 is 5.57. The quantitative estimate of drug-likeness (QED) is 0.745. The largest absolute Gasteiger partial charge is 0.476 e. The molecule has 0 N–H and O–H groups in total. The van der Waals surface area contributed by atoms with Gasteiger partial charge in [-0.15, -0.1) is 0 Å². The molecule has 0 aromatic carbocycles. The van der Waals surface area contributed by atoms with Gasteiger partial charge in [-0.3, -0.25) is 4.79 Å². The molecule has 0 amide bonds. The van der Waals surface area contributed by atoms with Gasteiger partial charge in [0.15, 0.2) is 5.78 Å². The smallest absolute Gasteiger partial charge is 0.224 e. The van der Waals surface area contributed by atoms with Crippen LogP contribution in [0.25, 0.3) is 0 Å². The highest BCUT2D eigenvalue weighted by atomic mass is 35.5. The van der Waals surface area contributed by atoms with E-state index in [1.54, 1.807) is 19.9 Å². The first-order chi connectivity index (χ1) is 8.45. The first-order valence-corrected chi connectivity index (χ1v) is 6.31. The van der Waals surface area contributed by atoms with Crippen molar-refractivity contribution in [3.8, 4) is 5.88 Å². The van der Waals surface area contributed by atoms with Gasteiger partial charge >= 0.3 is 0 Å². The number of carbonyl (C=O) groups is 1. The Morgan fingerprint density at radius 1 is 1.50 bits per heavy atom. The molecule has 0 radical (unpaired) electrons. The maximum atomic E-state index is 11.8. The minimum absolute atomic E-state index is 0.00995. The van der Waals surface area contributed by atoms with Gasteiger partial charge in [-0.2, -0.15) is 0 Å². The van der Waals surface area contributed by atoms with Crippen molar-refractivity contribution in [2.75, 3.05) is 27.2 Å². The summed E-state index contributed by atoms with van der Waals surface area (Å²) in [5.74, 6) is 0.370. The Bertz CT molecular complexity index is 433. The van der Waals surface area contributed by atoms with Crippen molar-refractivity contribution in [2.45, 2.75) is 20.3 Å². The minimum atomic E-state index is -0.00995. The predicted octanol–water partition coefficient (Wildman–Crippen LogP) is 2.58. The van der Waals surface area contributed by atoms with Crippen LogP contribution in [0.2, 0.25) is 5.02 Å². The van der Waals surface area contributed by atoms with Crippen LogP contribution in [0.3, 0.4) is 0 Å². The fourth-order valence-electron chi connectivity index (χ4n) is 1.38. The van der Waals surface area contributed by atoms with E-state index in [9.17, 15) is 4.79 Å². The molecule has 1 heterocycles. The van der Waals surface area contributed by atoms with E-state index in [0.717, 1.165) is 6.54 Å². The van der Waals surface area contributed by atoms with Gasteiger partial charge in [0.25, 0.3) is 0 Å². The Balaban J connectivity index is 2.93. The van der Waals surface area contributed by atoms with Gasteiger partial charge in [0, 0.05) is 13.0 Å². The maximum Gasteiger partial charge on any atom is 0.224 e. The molecule has 1 rings (SSSR count). The number of likely N-dealkylation sites (N-methyl/N-ethyl adjacent to an activating group) is 1. The summed E-state index contributed by atoms with van der Waals surface area (Å²) in [6.45, 7) is 4.86. The molecule has 0 fully saturated rings. The van der Waals surface area contributed by atoms with E-state index in [2.05, 4.69) is 4.98 Å². The van der Waals surface area contributed by atoms with Crippen LogP contribution >= 0.6 is 11.6 Å². The molecule has 0 saturated heterocycles. The number of rotatable bonds is 6. The second kappa shape index (κ2) is 6.71. The third-order valence-corrected chi connectivity index (χ3v) is 2.90. The van der Waals surface area contributed by atoms with Crippen LogP contribution in [0, 0.1) is 6.92 Å². The van der Waals surface area contributed by atoms with Crippen LogP contribution in [0.1, 0.15) is 29.4 Å². The highest BCUT2D eigenvalue weighted by Crippen LogP contribution is 2.24. The summed E-state index contributed by atoms with van der Waals surface area (Å²) in [6, 6.07) is 1.64. The Morgan fingerprint density at radius 2 is 2.17 bits per heavy atom. The minimum Gasteiger partial charge on any atom is -0.476 e. The van der Waals surface area contributed by atoms with E-state index >= 15 is 0 Å². The molecule has 0 atom stereocenters. The van der Waals surface area contributed by atoms with Crippen molar-refractivity contribution in [1.29, 1.82) is 0 Å². The number of aryl methyl sites for hydroxylation is 1. The third kappa shape index (κ3) is 3.96. The lowest BCUT2D eigenvalue weighted by Gasteiger charge is -2.13. The number of hydrogen-bond acceptors (Lipinski definition) is 4. The molecule has 4 nitrogen and oxygen atoms in total. The Kier molecular flexibility index (Phi) is 5.56. The van der Waals surface area contributed by atoms with Crippen LogP contribution in [0.15, 0.2) is 6.07 Å². The normalized spacial score (nSPS) is 10.8. The van der Waals surface area contributed by atoms with Crippen LogP contribution in [0.4, 0.5) is 0 Å². The van der Waals surface area contributed by atoms with Crippen molar-refractivity contribution in [1.82, 2.24) is 9.88 Å². The first-order valence-electron chi connectivity index (χ1n) is 5.93. The van der Waals surface area contributed by atoms with E-state index in [0.29, 0.717) is 35.2 Å². The van der Waals surface area contributed by atoms with E-state index in [1.165, 1.54) is 0 Å². The van der Waals surface area contributed by atoms with Crippen molar-refractivity contribution in [3.05, 3.63) is 22.3 Å². The molecule has 1 aromatic rings. The highest BCUT2D eigenvalue weighted by molar-refractivity contribution is 6.31. The summed E-state index contributed by atoms with van der Waals surface area (Å²) in [6.07, 6.45) is 0.408. The number of hydrogen-bond donors (Lipinski definition) is 0. The molecular formula is C13H19ClN2O2. The van der Waals surface area contributed by atoms with Gasteiger partial charge in [-0.05, 0) is 27.1 Å². The number of aromatic nitrogens is 1. The predicted molar refractivity (Wildman–Crippen MR) is 72.7 cm³/mol. The molecule has 0 aliphatic rings. The maximum absolute atomic E-state index is 11.8. The molecule has 0 unspecified atom stereocenters. The Hall–Kier alpha value is -1.13. The lowest BCUT2D eigenvalue weighted by atomic mass is 10.1. The van der Waals surface area contributed by atoms with Crippen LogP contribution in [-0.2, 0) is 0 Å². The number of Topliss-reactive ketones (excluding diaryl/α,β-unsaturated/α-hetero) is 1. The van der Waals surface area contributed by atoms with Gasteiger partial charge in [0.05, 0.1) is 16.3 Å². The van der Waals surface area contributed by atoms with Crippen LogP contribution in [0.5, 0.6) is 5.88 Å². The number of pyridine rings is 1. The molecule has 0 bridgehead atoms. The number of ketones is 1. The molecule has 100 valence electrons. The van der Waals surface area contributed by atoms with E-state index < -0.39 is 0 Å². The fourth-order valence-corrected chi connectivity index (χ4v) is 1.54. The van der Waals surface area contributed by atoms with Crippen molar-refractivity contribution in [2.24, 2.45) is 0 Å². The lowest BCUT2D eigenvalue weighted by Crippen LogP contribution is -2.20. The first kappa shape index (κ1) is 14.9. The summed E-state index contributed by atoms with van der Waals surface area (Å²) in [4.78, 5) is 18.1. The van der Waals surface area contributed by atoms with Crippen molar-refractivity contribution < 1.29 is 9.53 Å². The lowest BCUT2D eigenvalue weighted by molar-refractivity contribution is 0.0983. The Labute approximate surface area is 113 Å². The molecule has 1 aromatic heterocycles. The van der Waals surface area contributed by atoms with Gasteiger partial charge in [0.1, 0.15) is 6.61 Å². The average molecular weight is 271 g/mol. The van der Waals surface area contributed by atoms with Crippen molar-refractivity contribution in [3.63, 3.8) is 0 Å². The van der Waals surface area contributed by atoms with Gasteiger partial charge < -0.3 is 9.64 Å². The Morgan fingerprint density at radius 3 is 2.72 bits per heavy atom. The van der Waals surface area contributed by atoms with Crippen LogP contribution < -0.4 is 4.74 Å². The average Bonchev–Trinajstić information content (AvgIpc) is 2.32. The van der Waals surface area contributed by atoms with Gasteiger partial charge in [0.2, 0.25) is 5.88 Å². The molecule has 18 heavy (non-hydrogen) atoms. The number of ether oxygens (including phenoxy) is 1. The zero-order valence-corrected chi connectivity index (χ0v) is 12.0. The highest BCUT2D eigenvalue weighted by Gasteiger charge is 2.15. The summed E-state index contributed by atoms with van der Waals surface area (Å²) in [7, 11) is 3.92. The second-order valence-electron chi connectivity index (χ2n) is 4.34. The number of carbonyl (C=O) groups excluding carboxylic acids is 1. The monoisotopic (exact) mass is 270 g/mol. The zero-order valence-electron chi connectivity index (χ0n) is 11.3. The summed E-state index contributed by atoms with van der Waals surface area (Å²) >= 11 is 5.99. The fraction of sp³-hybridized carbons (Fsp3) is 0.538. The van der Waals surface area contributed by atoms with Gasteiger partial charge in [-0.25, -0.2) is 4.98 Å². The SMILES string of the molecule is CCC(=O)c1cc(Cl)c(C)nc1OCCN(C)C. The van der Waals surface area contributed by atoms with Crippen LogP contribution in [-0.4, -0.2) is 42.9 Å². The zero-order chi connectivity index (χ0) is 13.7. The molecule has 5 heteroatoms. The number of halogens is 1.